The van der Waals surface area contributed by atoms with Gasteiger partial charge >= 0.3 is 0 Å². The van der Waals surface area contributed by atoms with Gasteiger partial charge in [0.25, 0.3) is 0 Å². The summed E-state index contributed by atoms with van der Waals surface area (Å²) in [7, 11) is 0. The first-order valence-electron chi connectivity index (χ1n) is 5.50. The fraction of sp³-hybridized carbons (Fsp3) is 0.333. The molecule has 0 aliphatic rings. The van der Waals surface area contributed by atoms with Crippen LogP contribution < -0.4 is 5.32 Å². The van der Waals surface area contributed by atoms with Gasteiger partial charge in [0.1, 0.15) is 5.76 Å². The fourth-order valence-corrected chi connectivity index (χ4v) is 1.49. The van der Waals surface area contributed by atoms with E-state index < -0.39 is 0 Å². The highest BCUT2D eigenvalue weighted by Gasteiger charge is 2.09. The van der Waals surface area contributed by atoms with Crippen molar-refractivity contribution in [2.75, 3.05) is 5.32 Å². The summed E-state index contributed by atoms with van der Waals surface area (Å²) in [5.74, 6) is 1.36. The summed E-state index contributed by atoms with van der Waals surface area (Å²) >= 11 is 0. The summed E-state index contributed by atoms with van der Waals surface area (Å²) < 4.78 is 5.16. The number of nitrogens with one attached hydrogen (secondary N) is 2. The van der Waals surface area contributed by atoms with E-state index in [1.54, 1.807) is 6.26 Å². The van der Waals surface area contributed by atoms with E-state index in [2.05, 4.69) is 15.5 Å². The highest BCUT2D eigenvalue weighted by atomic mass is 16.3. The van der Waals surface area contributed by atoms with Gasteiger partial charge in [-0.1, -0.05) is 0 Å². The molecule has 0 atom stereocenters. The first kappa shape index (κ1) is 11.4. The second-order valence-corrected chi connectivity index (χ2v) is 3.95. The van der Waals surface area contributed by atoms with Gasteiger partial charge in [-0.3, -0.25) is 9.89 Å². The number of hydrogen-bond acceptors (Lipinski definition) is 3. The van der Waals surface area contributed by atoms with E-state index in [-0.39, 0.29) is 5.91 Å². The number of furan rings is 1. The van der Waals surface area contributed by atoms with Crippen LogP contribution in [-0.4, -0.2) is 16.1 Å². The van der Waals surface area contributed by atoms with Gasteiger partial charge in [0, 0.05) is 24.1 Å². The van der Waals surface area contributed by atoms with Gasteiger partial charge in [0.15, 0.2) is 5.82 Å². The van der Waals surface area contributed by atoms with Gasteiger partial charge in [-0.05, 0) is 26.0 Å². The van der Waals surface area contributed by atoms with Crippen LogP contribution >= 0.6 is 0 Å². The van der Waals surface area contributed by atoms with E-state index in [0.29, 0.717) is 18.7 Å². The molecule has 90 valence electrons. The Morgan fingerprint density at radius 2 is 2.35 bits per heavy atom. The molecule has 0 fully saturated rings. The molecule has 0 spiro atoms. The van der Waals surface area contributed by atoms with Gasteiger partial charge in [0.2, 0.25) is 5.91 Å². The Morgan fingerprint density at radius 1 is 1.53 bits per heavy atom. The Morgan fingerprint density at radius 3 is 2.94 bits per heavy atom. The zero-order valence-corrected chi connectivity index (χ0v) is 9.91. The average Bonchev–Trinajstić information content (AvgIpc) is 2.92. The minimum absolute atomic E-state index is 0.0593. The molecule has 0 saturated carbocycles. The quantitative estimate of drug-likeness (QED) is 0.850. The van der Waals surface area contributed by atoms with E-state index in [4.69, 9.17) is 4.42 Å². The minimum atomic E-state index is -0.0593. The molecule has 17 heavy (non-hydrogen) atoms. The Labute approximate surface area is 99.2 Å². The number of hydrogen-bond donors (Lipinski definition) is 2. The zero-order valence-electron chi connectivity index (χ0n) is 9.91. The van der Waals surface area contributed by atoms with Gasteiger partial charge < -0.3 is 9.73 Å². The second kappa shape index (κ2) is 4.86. The summed E-state index contributed by atoms with van der Waals surface area (Å²) in [5, 5.41) is 9.62. The topological polar surface area (TPSA) is 70.9 Å². The number of rotatable bonds is 4. The maximum absolute atomic E-state index is 11.7. The largest absolute Gasteiger partial charge is 0.469 e. The summed E-state index contributed by atoms with van der Waals surface area (Å²) in [6.07, 6.45) is 2.59. The third-order valence-corrected chi connectivity index (χ3v) is 2.69. The van der Waals surface area contributed by atoms with Crippen LogP contribution in [0.2, 0.25) is 0 Å². The van der Waals surface area contributed by atoms with Crippen molar-refractivity contribution in [2.24, 2.45) is 0 Å². The maximum atomic E-state index is 11.7. The maximum Gasteiger partial charge on any atom is 0.226 e. The van der Waals surface area contributed by atoms with E-state index >= 15 is 0 Å². The molecule has 1 amide bonds. The van der Waals surface area contributed by atoms with Crippen molar-refractivity contribution in [1.82, 2.24) is 10.2 Å². The van der Waals surface area contributed by atoms with Crippen LogP contribution in [0.3, 0.4) is 0 Å². The zero-order chi connectivity index (χ0) is 12.3. The SMILES string of the molecule is Cc1[nH]nc(NC(=O)CCc2ccco2)c1C. The number of carbonyl (C=O) groups excluding carboxylic acids is 1. The minimum Gasteiger partial charge on any atom is -0.469 e. The van der Waals surface area contributed by atoms with Crippen LogP contribution in [-0.2, 0) is 11.2 Å². The standard InChI is InChI=1S/C12H15N3O2/c1-8-9(2)14-15-12(8)13-11(16)6-5-10-4-3-7-17-10/h3-4,7H,5-6H2,1-2H3,(H2,13,14,15,16). The summed E-state index contributed by atoms with van der Waals surface area (Å²) in [4.78, 5) is 11.7. The Hall–Kier alpha value is -2.04. The first-order chi connectivity index (χ1) is 8.16. The van der Waals surface area contributed by atoms with Crippen LogP contribution in [0.5, 0.6) is 0 Å². The number of anilines is 1. The number of carbonyl (C=O) groups is 1. The number of amides is 1. The lowest BCUT2D eigenvalue weighted by molar-refractivity contribution is -0.116. The van der Waals surface area contributed by atoms with Crippen molar-refractivity contribution < 1.29 is 9.21 Å². The highest BCUT2D eigenvalue weighted by Crippen LogP contribution is 2.14. The second-order valence-electron chi connectivity index (χ2n) is 3.95. The van der Waals surface area contributed by atoms with Gasteiger partial charge in [-0.15, -0.1) is 0 Å². The van der Waals surface area contributed by atoms with Crippen LogP contribution in [0.25, 0.3) is 0 Å². The Kier molecular flexibility index (Phi) is 3.27. The van der Waals surface area contributed by atoms with Crippen LogP contribution in [0.4, 0.5) is 5.82 Å². The van der Waals surface area contributed by atoms with Crippen molar-refractivity contribution >= 4 is 11.7 Å². The van der Waals surface area contributed by atoms with E-state index in [9.17, 15) is 4.79 Å². The van der Waals surface area contributed by atoms with E-state index in [0.717, 1.165) is 17.0 Å². The van der Waals surface area contributed by atoms with Crippen molar-refractivity contribution in [1.29, 1.82) is 0 Å². The number of H-pyrrole nitrogens is 1. The molecule has 0 radical (unpaired) electrons. The Balaban J connectivity index is 1.87. The molecular weight excluding hydrogens is 218 g/mol. The lowest BCUT2D eigenvalue weighted by Gasteiger charge is -2.01. The molecule has 2 aromatic heterocycles. The van der Waals surface area contributed by atoms with Gasteiger partial charge in [-0.2, -0.15) is 5.10 Å². The van der Waals surface area contributed by atoms with Crippen molar-refractivity contribution in [3.8, 4) is 0 Å². The highest BCUT2D eigenvalue weighted by molar-refractivity contribution is 5.90. The molecule has 0 saturated heterocycles. The molecule has 2 heterocycles. The smallest absolute Gasteiger partial charge is 0.226 e. The van der Waals surface area contributed by atoms with Crippen LogP contribution in [0.15, 0.2) is 22.8 Å². The van der Waals surface area contributed by atoms with Crippen molar-refractivity contribution in [3.63, 3.8) is 0 Å². The predicted molar refractivity (Wildman–Crippen MR) is 63.7 cm³/mol. The monoisotopic (exact) mass is 233 g/mol. The van der Waals surface area contributed by atoms with E-state index in [1.807, 2.05) is 26.0 Å². The fourth-order valence-electron chi connectivity index (χ4n) is 1.49. The van der Waals surface area contributed by atoms with Gasteiger partial charge in [0.05, 0.1) is 6.26 Å². The average molecular weight is 233 g/mol. The van der Waals surface area contributed by atoms with Gasteiger partial charge in [-0.25, -0.2) is 0 Å². The number of nitrogens with zero attached hydrogens (tertiary/aromatic N) is 1. The molecule has 5 heteroatoms. The molecule has 0 aliphatic carbocycles. The summed E-state index contributed by atoms with van der Waals surface area (Å²) in [6.45, 7) is 3.84. The molecule has 0 bridgehead atoms. The Bertz CT molecular complexity index is 500. The summed E-state index contributed by atoms with van der Waals surface area (Å²) in [6, 6.07) is 3.67. The molecule has 0 aliphatic heterocycles. The molecule has 2 rings (SSSR count). The molecule has 2 N–H and O–H groups in total. The van der Waals surface area contributed by atoms with E-state index in [1.165, 1.54) is 0 Å². The molecule has 2 aromatic rings. The number of aryl methyl sites for hydroxylation is 2. The lowest BCUT2D eigenvalue weighted by Crippen LogP contribution is -2.13. The van der Waals surface area contributed by atoms with Crippen molar-refractivity contribution in [3.05, 3.63) is 35.4 Å². The number of aromatic nitrogens is 2. The molecule has 0 unspecified atom stereocenters. The van der Waals surface area contributed by atoms with Crippen LogP contribution in [0.1, 0.15) is 23.4 Å². The molecule has 5 nitrogen and oxygen atoms in total. The first-order valence-corrected chi connectivity index (χ1v) is 5.50. The van der Waals surface area contributed by atoms with Crippen LogP contribution in [0, 0.1) is 13.8 Å². The molecule has 0 aromatic carbocycles. The lowest BCUT2D eigenvalue weighted by atomic mass is 10.2. The summed E-state index contributed by atoms with van der Waals surface area (Å²) in [5.41, 5.74) is 1.93. The normalized spacial score (nSPS) is 10.5. The number of aromatic amines is 1. The third-order valence-electron chi connectivity index (χ3n) is 2.69. The third kappa shape index (κ3) is 2.75. The van der Waals surface area contributed by atoms with Crippen molar-refractivity contribution in [2.45, 2.75) is 26.7 Å². The molecular formula is C12H15N3O2. The predicted octanol–water partition coefficient (Wildman–Crippen LogP) is 2.19.